The minimum absolute atomic E-state index is 0.0319. The fraction of sp³-hybridized carbons (Fsp3) is 0.250. The molecule has 1 atom stereocenters. The number of benzene rings is 2. The fourth-order valence-electron chi connectivity index (χ4n) is 2.86. The maximum atomic E-state index is 9.63. The maximum absolute atomic E-state index is 9.63. The predicted molar refractivity (Wildman–Crippen MR) is 71.0 cm³/mol. The summed E-state index contributed by atoms with van der Waals surface area (Å²) < 4.78 is 0. The Morgan fingerprint density at radius 3 is 2.61 bits per heavy atom. The molecule has 0 fully saturated rings. The van der Waals surface area contributed by atoms with E-state index in [2.05, 4.69) is 24.3 Å². The summed E-state index contributed by atoms with van der Waals surface area (Å²) in [4.78, 5) is 0. The molecule has 18 heavy (non-hydrogen) atoms. The number of aromatic hydroxyl groups is 2. The van der Waals surface area contributed by atoms with Gasteiger partial charge in [0.2, 0.25) is 0 Å². The fourth-order valence-corrected chi connectivity index (χ4v) is 2.86. The second-order valence-corrected chi connectivity index (χ2v) is 4.89. The van der Waals surface area contributed by atoms with E-state index >= 15 is 0 Å². The van der Waals surface area contributed by atoms with Crippen LogP contribution >= 0.6 is 0 Å². The quantitative estimate of drug-likeness (QED) is 0.748. The van der Waals surface area contributed by atoms with Crippen molar-refractivity contribution in [3.63, 3.8) is 0 Å². The smallest absolute Gasteiger partial charge is 0.157 e. The summed E-state index contributed by atoms with van der Waals surface area (Å²) in [6, 6.07) is 13.7. The van der Waals surface area contributed by atoms with Gasteiger partial charge in [-0.1, -0.05) is 30.3 Å². The minimum Gasteiger partial charge on any atom is -0.504 e. The van der Waals surface area contributed by atoms with E-state index in [1.807, 2.05) is 6.07 Å². The molecule has 1 unspecified atom stereocenters. The summed E-state index contributed by atoms with van der Waals surface area (Å²) in [5.74, 6) is 0.250. The number of aryl methyl sites for hydroxylation is 1. The van der Waals surface area contributed by atoms with Crippen LogP contribution in [0.3, 0.4) is 0 Å². The van der Waals surface area contributed by atoms with Gasteiger partial charge in [0, 0.05) is 5.92 Å². The molecule has 0 bridgehead atoms. The summed E-state index contributed by atoms with van der Waals surface area (Å²) in [6.07, 6.45) is 3.40. The third kappa shape index (κ3) is 1.84. The van der Waals surface area contributed by atoms with Crippen molar-refractivity contribution < 1.29 is 10.2 Å². The highest BCUT2D eigenvalue weighted by atomic mass is 16.3. The molecule has 1 aliphatic carbocycles. The Bertz CT molecular complexity index is 575. The zero-order valence-corrected chi connectivity index (χ0v) is 10.1. The lowest BCUT2D eigenvalue weighted by Crippen LogP contribution is -2.10. The van der Waals surface area contributed by atoms with Crippen LogP contribution in [0.4, 0.5) is 0 Å². The minimum atomic E-state index is -0.0529. The first-order valence-electron chi connectivity index (χ1n) is 6.35. The molecule has 2 heteroatoms. The predicted octanol–water partition coefficient (Wildman–Crippen LogP) is 3.57. The van der Waals surface area contributed by atoms with Crippen molar-refractivity contribution in [1.82, 2.24) is 0 Å². The van der Waals surface area contributed by atoms with Gasteiger partial charge in [-0.25, -0.2) is 0 Å². The van der Waals surface area contributed by atoms with E-state index in [4.69, 9.17) is 0 Å². The third-order valence-electron chi connectivity index (χ3n) is 3.77. The van der Waals surface area contributed by atoms with Crippen molar-refractivity contribution in [2.45, 2.75) is 25.2 Å². The van der Waals surface area contributed by atoms with Crippen molar-refractivity contribution in [2.24, 2.45) is 0 Å². The molecule has 0 aliphatic heterocycles. The van der Waals surface area contributed by atoms with Gasteiger partial charge < -0.3 is 10.2 Å². The largest absolute Gasteiger partial charge is 0.504 e. The Morgan fingerprint density at radius 1 is 0.944 bits per heavy atom. The second kappa shape index (κ2) is 4.37. The maximum Gasteiger partial charge on any atom is 0.157 e. The van der Waals surface area contributed by atoms with Crippen LogP contribution < -0.4 is 0 Å². The molecule has 92 valence electrons. The SMILES string of the molecule is Oc1ccc(C2CCCc3ccccc32)cc1O. The lowest BCUT2D eigenvalue weighted by atomic mass is 9.79. The molecule has 0 saturated carbocycles. The van der Waals surface area contributed by atoms with Gasteiger partial charge in [-0.05, 0) is 48.1 Å². The Hall–Kier alpha value is -1.96. The lowest BCUT2D eigenvalue weighted by molar-refractivity contribution is 0.402. The Balaban J connectivity index is 2.05. The molecule has 0 amide bonds. The molecular formula is C16H16O2. The van der Waals surface area contributed by atoms with E-state index < -0.39 is 0 Å². The summed E-state index contributed by atoms with van der Waals surface area (Å²) in [5.41, 5.74) is 3.84. The molecule has 0 spiro atoms. The summed E-state index contributed by atoms with van der Waals surface area (Å²) in [7, 11) is 0. The molecule has 0 aromatic heterocycles. The van der Waals surface area contributed by atoms with Crippen LogP contribution in [0.25, 0.3) is 0 Å². The first kappa shape index (κ1) is 11.1. The normalized spacial score (nSPS) is 18.3. The van der Waals surface area contributed by atoms with Crippen LogP contribution in [0.2, 0.25) is 0 Å². The van der Waals surface area contributed by atoms with E-state index in [1.165, 1.54) is 17.5 Å². The third-order valence-corrected chi connectivity index (χ3v) is 3.77. The van der Waals surface area contributed by atoms with Crippen LogP contribution in [-0.4, -0.2) is 10.2 Å². The van der Waals surface area contributed by atoms with Gasteiger partial charge in [-0.3, -0.25) is 0 Å². The molecule has 1 aliphatic rings. The highest BCUT2D eigenvalue weighted by molar-refractivity contribution is 5.46. The van der Waals surface area contributed by atoms with Crippen LogP contribution in [0.1, 0.15) is 35.4 Å². The topological polar surface area (TPSA) is 40.5 Å². The molecule has 2 N–H and O–H groups in total. The number of phenolic OH excluding ortho intramolecular Hbond substituents is 2. The van der Waals surface area contributed by atoms with E-state index in [1.54, 1.807) is 12.1 Å². The Labute approximate surface area is 107 Å². The van der Waals surface area contributed by atoms with Gasteiger partial charge in [0.1, 0.15) is 0 Å². The van der Waals surface area contributed by atoms with Gasteiger partial charge in [0.15, 0.2) is 11.5 Å². The monoisotopic (exact) mass is 240 g/mol. The number of hydrogen-bond acceptors (Lipinski definition) is 2. The van der Waals surface area contributed by atoms with E-state index in [9.17, 15) is 10.2 Å². The van der Waals surface area contributed by atoms with Crippen molar-refractivity contribution in [3.8, 4) is 11.5 Å². The van der Waals surface area contributed by atoms with E-state index in [0.29, 0.717) is 5.92 Å². The van der Waals surface area contributed by atoms with Crippen LogP contribution in [-0.2, 0) is 6.42 Å². The highest BCUT2D eigenvalue weighted by Gasteiger charge is 2.21. The van der Waals surface area contributed by atoms with Crippen molar-refractivity contribution >= 4 is 0 Å². The average Bonchev–Trinajstić information content (AvgIpc) is 2.41. The van der Waals surface area contributed by atoms with Crippen molar-refractivity contribution in [1.29, 1.82) is 0 Å². The number of rotatable bonds is 1. The number of hydrogen-bond donors (Lipinski definition) is 2. The summed E-state index contributed by atoms with van der Waals surface area (Å²) >= 11 is 0. The molecule has 3 rings (SSSR count). The molecular weight excluding hydrogens is 224 g/mol. The molecule has 2 nitrogen and oxygen atoms in total. The lowest BCUT2D eigenvalue weighted by Gasteiger charge is -2.26. The van der Waals surface area contributed by atoms with Gasteiger partial charge >= 0.3 is 0 Å². The highest BCUT2D eigenvalue weighted by Crippen LogP contribution is 2.39. The first-order chi connectivity index (χ1) is 8.75. The summed E-state index contributed by atoms with van der Waals surface area (Å²) in [5, 5.41) is 19.0. The van der Waals surface area contributed by atoms with E-state index in [0.717, 1.165) is 18.4 Å². The molecule has 2 aromatic rings. The number of fused-ring (bicyclic) bond motifs is 1. The Morgan fingerprint density at radius 2 is 1.78 bits per heavy atom. The Kier molecular flexibility index (Phi) is 2.71. The van der Waals surface area contributed by atoms with Crippen molar-refractivity contribution in [2.75, 3.05) is 0 Å². The van der Waals surface area contributed by atoms with Gasteiger partial charge in [-0.15, -0.1) is 0 Å². The molecule has 0 saturated heterocycles. The second-order valence-electron chi connectivity index (χ2n) is 4.89. The average molecular weight is 240 g/mol. The van der Waals surface area contributed by atoms with Gasteiger partial charge in [0.05, 0.1) is 0 Å². The zero-order valence-electron chi connectivity index (χ0n) is 10.1. The van der Waals surface area contributed by atoms with E-state index in [-0.39, 0.29) is 11.5 Å². The molecule has 0 radical (unpaired) electrons. The van der Waals surface area contributed by atoms with Gasteiger partial charge in [-0.2, -0.15) is 0 Å². The first-order valence-corrected chi connectivity index (χ1v) is 6.35. The molecule has 2 aromatic carbocycles. The summed E-state index contributed by atoms with van der Waals surface area (Å²) in [6.45, 7) is 0. The van der Waals surface area contributed by atoms with Crippen LogP contribution in [0.15, 0.2) is 42.5 Å². The van der Waals surface area contributed by atoms with Crippen LogP contribution in [0, 0.1) is 0 Å². The van der Waals surface area contributed by atoms with Crippen LogP contribution in [0.5, 0.6) is 11.5 Å². The van der Waals surface area contributed by atoms with Crippen molar-refractivity contribution in [3.05, 3.63) is 59.2 Å². The van der Waals surface area contributed by atoms with Gasteiger partial charge in [0.25, 0.3) is 0 Å². The standard InChI is InChI=1S/C16H16O2/c17-15-9-8-12(10-16(15)18)14-7-3-5-11-4-1-2-6-13(11)14/h1-2,4,6,8-10,14,17-18H,3,5,7H2. The molecule has 0 heterocycles. The number of phenols is 2. The zero-order chi connectivity index (χ0) is 12.5.